The Morgan fingerprint density at radius 1 is 1.04 bits per heavy atom. The topological polar surface area (TPSA) is 45.9 Å². The molecule has 1 heterocycles. The zero-order valence-electron chi connectivity index (χ0n) is 14.6. The first kappa shape index (κ1) is 19.2. The minimum absolute atomic E-state index is 0.386. The summed E-state index contributed by atoms with van der Waals surface area (Å²) < 4.78 is 5.85. The van der Waals surface area contributed by atoms with Gasteiger partial charge in [-0.05, 0) is 47.9 Å². The fourth-order valence-corrected chi connectivity index (χ4v) is 3.65. The third-order valence-corrected chi connectivity index (χ3v) is 4.98. The van der Waals surface area contributed by atoms with Gasteiger partial charge in [-0.2, -0.15) is 5.26 Å². The quantitative estimate of drug-likeness (QED) is 0.502. The maximum absolute atomic E-state index is 10.2. The molecule has 1 aromatic heterocycles. The monoisotopic (exact) mass is 396 g/mol. The van der Waals surface area contributed by atoms with Crippen molar-refractivity contribution in [2.24, 2.45) is 0 Å². The number of halogens is 2. The van der Waals surface area contributed by atoms with Gasteiger partial charge in [0.15, 0.2) is 0 Å². The van der Waals surface area contributed by atoms with Gasteiger partial charge in [0, 0.05) is 28.9 Å². The van der Waals surface area contributed by atoms with Crippen LogP contribution in [0.15, 0.2) is 73.1 Å². The average Bonchev–Trinajstić information content (AvgIpc) is 2.69. The molecule has 3 rings (SSSR count). The summed E-state index contributed by atoms with van der Waals surface area (Å²) >= 11 is 12.5. The van der Waals surface area contributed by atoms with Crippen molar-refractivity contribution >= 4 is 23.2 Å². The lowest BCUT2D eigenvalue weighted by Gasteiger charge is -2.28. The number of nitrogens with zero attached hydrogens (tertiary/aromatic N) is 2. The summed E-state index contributed by atoms with van der Waals surface area (Å²) in [6.07, 6.45) is 4.45. The van der Waals surface area contributed by atoms with Crippen molar-refractivity contribution in [3.8, 4) is 11.8 Å². The van der Waals surface area contributed by atoms with Crippen LogP contribution in [0.1, 0.15) is 17.5 Å². The van der Waals surface area contributed by atoms with Crippen molar-refractivity contribution in [1.82, 2.24) is 4.98 Å². The maximum atomic E-state index is 10.2. The van der Waals surface area contributed by atoms with Gasteiger partial charge in [0.2, 0.25) is 0 Å². The van der Waals surface area contributed by atoms with Gasteiger partial charge in [0.05, 0.1) is 18.1 Å². The predicted molar refractivity (Wildman–Crippen MR) is 108 cm³/mol. The van der Waals surface area contributed by atoms with Gasteiger partial charge in [-0.3, -0.25) is 4.98 Å². The highest BCUT2D eigenvalue weighted by atomic mass is 35.5. The summed E-state index contributed by atoms with van der Waals surface area (Å²) in [5.41, 5.74) is 0.862. The van der Waals surface area contributed by atoms with E-state index in [2.05, 4.69) is 11.1 Å². The average molecular weight is 397 g/mol. The van der Waals surface area contributed by atoms with E-state index in [1.54, 1.807) is 24.5 Å². The number of ether oxygens (including phenoxy) is 1. The van der Waals surface area contributed by atoms with E-state index in [4.69, 9.17) is 27.9 Å². The molecule has 1 atom stereocenters. The van der Waals surface area contributed by atoms with Gasteiger partial charge in [-0.1, -0.05) is 53.5 Å². The molecule has 0 N–H and O–H groups in total. The van der Waals surface area contributed by atoms with Gasteiger partial charge < -0.3 is 4.74 Å². The molecule has 2 aromatic carbocycles. The van der Waals surface area contributed by atoms with Crippen LogP contribution >= 0.6 is 23.2 Å². The largest absolute Gasteiger partial charge is 0.494 e. The Morgan fingerprint density at radius 2 is 1.85 bits per heavy atom. The van der Waals surface area contributed by atoms with Crippen LogP contribution < -0.4 is 4.74 Å². The number of para-hydroxylation sites is 1. The van der Waals surface area contributed by atoms with E-state index in [-0.39, 0.29) is 0 Å². The minimum atomic E-state index is -0.848. The van der Waals surface area contributed by atoms with E-state index in [9.17, 15) is 5.26 Å². The number of pyridine rings is 1. The van der Waals surface area contributed by atoms with Crippen molar-refractivity contribution < 1.29 is 4.74 Å². The molecular weight excluding hydrogens is 379 g/mol. The third kappa shape index (κ3) is 4.80. The molecule has 5 heteroatoms. The highest BCUT2D eigenvalue weighted by Gasteiger charge is 2.35. The Bertz CT molecular complexity index is 926. The van der Waals surface area contributed by atoms with E-state index in [1.165, 1.54) is 0 Å². The van der Waals surface area contributed by atoms with E-state index >= 15 is 0 Å². The first-order valence-corrected chi connectivity index (χ1v) is 9.32. The van der Waals surface area contributed by atoms with E-state index in [1.807, 2.05) is 48.5 Å². The lowest BCUT2D eigenvalue weighted by molar-refractivity contribution is 0.278. The maximum Gasteiger partial charge on any atom is 0.119 e. The highest BCUT2D eigenvalue weighted by Crippen LogP contribution is 2.37. The predicted octanol–water partition coefficient (Wildman–Crippen LogP) is 5.86. The Hall–Kier alpha value is -2.54. The molecule has 1 unspecified atom stereocenters. The van der Waals surface area contributed by atoms with Crippen molar-refractivity contribution in [1.29, 1.82) is 5.26 Å². The fraction of sp³-hybridized carbons (Fsp3) is 0.182. The fourth-order valence-electron chi connectivity index (χ4n) is 3.06. The number of hydrogen-bond donors (Lipinski definition) is 0. The Balaban J connectivity index is 1.90. The molecule has 0 amide bonds. The smallest absolute Gasteiger partial charge is 0.119 e. The molecule has 0 spiro atoms. The van der Waals surface area contributed by atoms with Crippen LogP contribution in [0.5, 0.6) is 5.75 Å². The molecule has 3 nitrogen and oxygen atoms in total. The molecule has 3 aromatic rings. The van der Waals surface area contributed by atoms with Crippen LogP contribution in [0.2, 0.25) is 10.0 Å². The van der Waals surface area contributed by atoms with Gasteiger partial charge in [-0.25, -0.2) is 0 Å². The van der Waals surface area contributed by atoms with Crippen molar-refractivity contribution in [3.05, 3.63) is 94.2 Å². The standard InChI is InChI=1S/C22H18Cl2N2O/c23-18-8-9-20(21(24)13-18)22(16-25,14-17-5-4-11-26-15-17)10-12-27-19-6-2-1-3-7-19/h1-9,11,13,15H,10,12,14H2. The van der Waals surface area contributed by atoms with Crippen LogP contribution in [0.4, 0.5) is 0 Å². The molecule has 27 heavy (non-hydrogen) atoms. The van der Waals surface area contributed by atoms with Crippen LogP contribution in [-0.4, -0.2) is 11.6 Å². The van der Waals surface area contributed by atoms with E-state index < -0.39 is 5.41 Å². The van der Waals surface area contributed by atoms with Gasteiger partial charge in [0.25, 0.3) is 0 Å². The molecule has 0 fully saturated rings. The summed E-state index contributed by atoms with van der Waals surface area (Å²) in [5, 5.41) is 11.2. The van der Waals surface area contributed by atoms with E-state index in [0.29, 0.717) is 29.5 Å². The Morgan fingerprint density at radius 3 is 2.52 bits per heavy atom. The number of aromatic nitrogens is 1. The third-order valence-electron chi connectivity index (χ3n) is 4.43. The molecule has 136 valence electrons. The number of nitriles is 1. The van der Waals surface area contributed by atoms with Crippen molar-refractivity contribution in [2.45, 2.75) is 18.3 Å². The molecule has 0 radical (unpaired) electrons. The second-order valence-corrected chi connectivity index (χ2v) is 7.11. The molecule has 0 saturated heterocycles. The normalized spacial score (nSPS) is 12.8. The molecule has 0 aliphatic heterocycles. The lowest BCUT2D eigenvalue weighted by atomic mass is 9.74. The number of benzene rings is 2. The van der Waals surface area contributed by atoms with Crippen LogP contribution in [0, 0.1) is 11.3 Å². The summed E-state index contributed by atoms with van der Waals surface area (Å²) in [6.45, 7) is 0.386. The Labute approximate surface area is 169 Å². The van der Waals surface area contributed by atoms with Crippen LogP contribution in [-0.2, 0) is 11.8 Å². The summed E-state index contributed by atoms with van der Waals surface area (Å²) in [6, 6.07) is 21.1. The molecular formula is C22H18Cl2N2O. The molecule has 0 aliphatic rings. The first-order chi connectivity index (χ1) is 13.1. The molecule has 0 saturated carbocycles. The van der Waals surface area contributed by atoms with Gasteiger partial charge in [-0.15, -0.1) is 0 Å². The van der Waals surface area contributed by atoms with Crippen LogP contribution in [0.25, 0.3) is 0 Å². The first-order valence-electron chi connectivity index (χ1n) is 8.56. The number of rotatable bonds is 7. The van der Waals surface area contributed by atoms with Crippen molar-refractivity contribution in [2.75, 3.05) is 6.61 Å². The lowest BCUT2D eigenvalue weighted by Crippen LogP contribution is -2.30. The summed E-state index contributed by atoms with van der Waals surface area (Å²) in [7, 11) is 0. The van der Waals surface area contributed by atoms with Crippen molar-refractivity contribution in [3.63, 3.8) is 0 Å². The zero-order chi connectivity index (χ0) is 19.1. The molecule has 0 bridgehead atoms. The second kappa shape index (κ2) is 8.90. The number of hydrogen-bond acceptors (Lipinski definition) is 3. The second-order valence-electron chi connectivity index (χ2n) is 6.27. The Kier molecular flexibility index (Phi) is 6.34. The van der Waals surface area contributed by atoms with Gasteiger partial charge in [0.1, 0.15) is 5.75 Å². The minimum Gasteiger partial charge on any atom is -0.494 e. The summed E-state index contributed by atoms with van der Waals surface area (Å²) in [5.74, 6) is 0.771. The zero-order valence-corrected chi connectivity index (χ0v) is 16.1. The van der Waals surface area contributed by atoms with Gasteiger partial charge >= 0.3 is 0 Å². The van der Waals surface area contributed by atoms with E-state index in [0.717, 1.165) is 16.9 Å². The summed E-state index contributed by atoms with van der Waals surface area (Å²) in [4.78, 5) is 4.17. The SMILES string of the molecule is N#CC(CCOc1ccccc1)(Cc1cccnc1)c1ccc(Cl)cc1Cl. The molecule has 0 aliphatic carbocycles. The van der Waals surface area contributed by atoms with Crippen LogP contribution in [0.3, 0.4) is 0 Å². The highest BCUT2D eigenvalue weighted by molar-refractivity contribution is 6.35.